The second kappa shape index (κ2) is 7.63. The molecular formula is C18H16F2O3. The molecule has 0 spiro atoms. The van der Waals surface area contributed by atoms with Gasteiger partial charge in [0.05, 0.1) is 7.11 Å². The van der Waals surface area contributed by atoms with E-state index < -0.39 is 11.6 Å². The molecule has 23 heavy (non-hydrogen) atoms. The van der Waals surface area contributed by atoms with E-state index in [0.29, 0.717) is 6.42 Å². The predicted molar refractivity (Wildman–Crippen MR) is 82.0 cm³/mol. The van der Waals surface area contributed by atoms with Gasteiger partial charge >= 0.3 is 5.97 Å². The molecule has 0 unspecified atom stereocenters. The molecular weight excluding hydrogens is 302 g/mol. The smallest absolute Gasteiger partial charge is 0.305 e. The number of hydrogen-bond donors (Lipinski definition) is 0. The topological polar surface area (TPSA) is 43.4 Å². The highest BCUT2D eigenvalue weighted by atomic mass is 19.1. The lowest BCUT2D eigenvalue weighted by Gasteiger charge is -2.08. The van der Waals surface area contributed by atoms with Crippen LogP contribution in [0.3, 0.4) is 0 Å². The molecule has 0 radical (unpaired) electrons. The quantitative estimate of drug-likeness (QED) is 0.593. The number of Topliss-reactive ketones (excluding diaryl/α,β-unsaturated/α-hetero) is 1. The number of carbonyl (C=O) groups excluding carboxylic acids is 2. The van der Waals surface area contributed by atoms with Gasteiger partial charge in [-0.15, -0.1) is 0 Å². The summed E-state index contributed by atoms with van der Waals surface area (Å²) in [4.78, 5) is 23.2. The van der Waals surface area contributed by atoms with Gasteiger partial charge < -0.3 is 4.74 Å². The van der Waals surface area contributed by atoms with Crippen molar-refractivity contribution in [2.45, 2.75) is 19.3 Å². The minimum atomic E-state index is -0.596. The minimum absolute atomic E-state index is 0.0434. The van der Waals surface area contributed by atoms with Crippen molar-refractivity contribution in [2.24, 2.45) is 0 Å². The summed E-state index contributed by atoms with van der Waals surface area (Å²) in [6, 6.07) is 9.66. The van der Waals surface area contributed by atoms with Gasteiger partial charge in [0.1, 0.15) is 11.6 Å². The summed E-state index contributed by atoms with van der Waals surface area (Å²) in [6.45, 7) is 0. The molecule has 0 saturated heterocycles. The van der Waals surface area contributed by atoms with E-state index in [1.165, 1.54) is 37.4 Å². The van der Waals surface area contributed by atoms with Crippen molar-refractivity contribution in [1.82, 2.24) is 0 Å². The van der Waals surface area contributed by atoms with Crippen molar-refractivity contribution >= 4 is 11.8 Å². The molecule has 3 nitrogen and oxygen atoms in total. The molecule has 0 fully saturated rings. The summed E-state index contributed by atoms with van der Waals surface area (Å²) in [6.07, 6.45) is 0.624. The summed E-state index contributed by atoms with van der Waals surface area (Å²) >= 11 is 0. The van der Waals surface area contributed by atoms with Gasteiger partial charge in [-0.05, 0) is 30.7 Å². The Bertz CT molecular complexity index is 726. The van der Waals surface area contributed by atoms with E-state index in [1.54, 1.807) is 6.07 Å². The Kier molecular flexibility index (Phi) is 5.57. The normalized spacial score (nSPS) is 10.4. The fourth-order valence-corrected chi connectivity index (χ4v) is 2.22. The second-order valence-electron chi connectivity index (χ2n) is 5.03. The summed E-state index contributed by atoms with van der Waals surface area (Å²) in [5, 5.41) is 0. The van der Waals surface area contributed by atoms with Gasteiger partial charge in [-0.25, -0.2) is 8.78 Å². The summed E-state index contributed by atoms with van der Waals surface area (Å²) in [7, 11) is 1.28. The number of ether oxygens (including phenoxy) is 1. The molecule has 0 aliphatic heterocycles. The first-order chi connectivity index (χ1) is 11.0. The van der Waals surface area contributed by atoms with Crippen LogP contribution in [0.5, 0.6) is 0 Å². The van der Waals surface area contributed by atoms with Gasteiger partial charge in [0.25, 0.3) is 0 Å². The van der Waals surface area contributed by atoms with Crippen molar-refractivity contribution in [3.8, 4) is 11.1 Å². The fraction of sp³-hybridized carbons (Fsp3) is 0.222. The van der Waals surface area contributed by atoms with E-state index in [2.05, 4.69) is 4.74 Å². The number of benzene rings is 2. The first-order valence-electron chi connectivity index (χ1n) is 7.17. The Hall–Kier alpha value is -2.56. The largest absolute Gasteiger partial charge is 0.469 e. The standard InChI is InChI=1S/C18H16F2O3/c1-23-18(22)8-4-7-17(21)12-9-10-16(20)14(11-12)13-5-2-3-6-15(13)19/h2-3,5-6,9-11H,4,7-8H2,1H3. The van der Waals surface area contributed by atoms with Crippen LogP contribution in [0.15, 0.2) is 42.5 Å². The molecule has 0 aliphatic rings. The summed E-state index contributed by atoms with van der Waals surface area (Å²) in [5.74, 6) is -1.77. The summed E-state index contributed by atoms with van der Waals surface area (Å²) < 4.78 is 32.3. The monoisotopic (exact) mass is 318 g/mol. The highest BCUT2D eigenvalue weighted by molar-refractivity contribution is 5.97. The highest BCUT2D eigenvalue weighted by Gasteiger charge is 2.14. The molecule has 0 aliphatic carbocycles. The Labute approximate surface area is 132 Å². The van der Waals surface area contributed by atoms with E-state index in [-0.39, 0.29) is 41.3 Å². The lowest BCUT2D eigenvalue weighted by atomic mass is 9.98. The van der Waals surface area contributed by atoms with Crippen molar-refractivity contribution in [3.05, 3.63) is 59.7 Å². The molecule has 0 bridgehead atoms. The molecule has 0 heterocycles. The first-order valence-corrected chi connectivity index (χ1v) is 7.17. The van der Waals surface area contributed by atoms with Crippen LogP contribution in [-0.4, -0.2) is 18.9 Å². The van der Waals surface area contributed by atoms with Gasteiger partial charge in [-0.3, -0.25) is 9.59 Å². The Morgan fingerprint density at radius 2 is 1.65 bits per heavy atom. The van der Waals surface area contributed by atoms with E-state index in [4.69, 9.17) is 0 Å². The van der Waals surface area contributed by atoms with Gasteiger partial charge in [-0.2, -0.15) is 0 Å². The third-order valence-corrected chi connectivity index (χ3v) is 3.46. The van der Waals surface area contributed by atoms with Crippen molar-refractivity contribution in [3.63, 3.8) is 0 Å². The molecule has 0 amide bonds. The van der Waals surface area contributed by atoms with Gasteiger partial charge in [0, 0.05) is 29.5 Å². The molecule has 0 saturated carbocycles. The summed E-state index contributed by atoms with van der Waals surface area (Å²) in [5.41, 5.74) is 0.436. The predicted octanol–water partition coefficient (Wildman–Crippen LogP) is 4.16. The average molecular weight is 318 g/mol. The number of hydrogen-bond acceptors (Lipinski definition) is 3. The van der Waals surface area contributed by atoms with Crippen LogP contribution in [0.1, 0.15) is 29.6 Å². The molecule has 120 valence electrons. The lowest BCUT2D eigenvalue weighted by Crippen LogP contribution is -2.04. The van der Waals surface area contributed by atoms with E-state index in [9.17, 15) is 18.4 Å². The molecule has 2 aromatic rings. The van der Waals surface area contributed by atoms with Crippen LogP contribution in [0.2, 0.25) is 0 Å². The second-order valence-corrected chi connectivity index (χ2v) is 5.03. The highest BCUT2D eigenvalue weighted by Crippen LogP contribution is 2.27. The third kappa shape index (κ3) is 4.22. The van der Waals surface area contributed by atoms with Gasteiger partial charge in [-0.1, -0.05) is 18.2 Å². The maximum Gasteiger partial charge on any atom is 0.305 e. The molecule has 2 rings (SSSR count). The van der Waals surface area contributed by atoms with Gasteiger partial charge in [0.2, 0.25) is 0 Å². The zero-order valence-electron chi connectivity index (χ0n) is 12.6. The van der Waals surface area contributed by atoms with E-state index >= 15 is 0 Å². The van der Waals surface area contributed by atoms with Gasteiger partial charge in [0.15, 0.2) is 5.78 Å². The fourth-order valence-electron chi connectivity index (χ4n) is 2.22. The number of halogens is 2. The lowest BCUT2D eigenvalue weighted by molar-refractivity contribution is -0.140. The number of ketones is 1. The zero-order valence-corrected chi connectivity index (χ0v) is 12.6. The van der Waals surface area contributed by atoms with Crippen LogP contribution in [0.25, 0.3) is 11.1 Å². The van der Waals surface area contributed by atoms with Crippen LogP contribution in [0.4, 0.5) is 8.78 Å². The molecule has 2 aromatic carbocycles. The first kappa shape index (κ1) is 16.8. The maximum atomic E-state index is 14.0. The third-order valence-electron chi connectivity index (χ3n) is 3.46. The van der Waals surface area contributed by atoms with E-state index in [1.807, 2.05) is 0 Å². The molecule has 5 heteroatoms. The van der Waals surface area contributed by atoms with Crippen LogP contribution in [0, 0.1) is 11.6 Å². The van der Waals surface area contributed by atoms with Crippen LogP contribution >= 0.6 is 0 Å². The Balaban J connectivity index is 2.19. The number of carbonyl (C=O) groups is 2. The van der Waals surface area contributed by atoms with Crippen LogP contribution in [-0.2, 0) is 9.53 Å². The van der Waals surface area contributed by atoms with Crippen LogP contribution < -0.4 is 0 Å². The Morgan fingerprint density at radius 3 is 2.35 bits per heavy atom. The number of esters is 1. The Morgan fingerprint density at radius 1 is 0.957 bits per heavy atom. The minimum Gasteiger partial charge on any atom is -0.469 e. The molecule has 0 aromatic heterocycles. The number of rotatable bonds is 6. The molecule has 0 N–H and O–H groups in total. The number of methoxy groups -OCH3 is 1. The zero-order chi connectivity index (χ0) is 16.8. The SMILES string of the molecule is COC(=O)CCCC(=O)c1ccc(F)c(-c2ccccc2F)c1. The average Bonchev–Trinajstić information content (AvgIpc) is 2.55. The van der Waals surface area contributed by atoms with Crippen molar-refractivity contribution in [1.29, 1.82) is 0 Å². The van der Waals surface area contributed by atoms with Crippen molar-refractivity contribution < 1.29 is 23.1 Å². The molecule has 0 atom stereocenters. The van der Waals surface area contributed by atoms with Crippen molar-refractivity contribution in [2.75, 3.05) is 7.11 Å². The van der Waals surface area contributed by atoms with E-state index in [0.717, 1.165) is 6.07 Å². The maximum absolute atomic E-state index is 14.0.